The van der Waals surface area contributed by atoms with Crippen LogP contribution < -0.4 is 16.2 Å². The minimum Gasteiger partial charge on any atom is -0.384 e. The summed E-state index contributed by atoms with van der Waals surface area (Å²) in [5, 5.41) is 9.81. The Morgan fingerprint density at radius 3 is 2.79 bits per heavy atom. The molecule has 1 aromatic heterocycles. The minimum absolute atomic E-state index is 0.0424. The first-order chi connectivity index (χ1) is 9.06. The number of anilines is 1. The lowest BCUT2D eigenvalue weighted by Gasteiger charge is -2.13. The van der Waals surface area contributed by atoms with Gasteiger partial charge in [-0.25, -0.2) is 4.68 Å². The molecular weight excluding hydrogens is 244 g/mol. The highest BCUT2D eigenvalue weighted by Crippen LogP contribution is 1.98. The molecule has 106 valence electrons. The Bertz CT molecular complexity index is 470. The molecule has 1 rings (SSSR count). The van der Waals surface area contributed by atoms with E-state index in [1.54, 1.807) is 6.20 Å². The number of carbonyl (C=O) groups is 1. The van der Waals surface area contributed by atoms with E-state index in [0.717, 1.165) is 24.1 Å². The zero-order valence-corrected chi connectivity index (χ0v) is 11.8. The van der Waals surface area contributed by atoms with E-state index >= 15 is 0 Å². The van der Waals surface area contributed by atoms with Crippen LogP contribution in [0.5, 0.6) is 0 Å². The van der Waals surface area contributed by atoms with Gasteiger partial charge in [0, 0.05) is 18.7 Å². The smallest absolute Gasteiger partial charge is 0.269 e. The van der Waals surface area contributed by atoms with Crippen molar-refractivity contribution in [2.24, 2.45) is 0 Å². The first kappa shape index (κ1) is 15.2. The zero-order chi connectivity index (χ0) is 14.3. The van der Waals surface area contributed by atoms with E-state index in [0.29, 0.717) is 5.69 Å². The fraction of sp³-hybridized carbons (Fsp3) is 0.615. The molecule has 1 heterocycles. The molecule has 0 saturated carbocycles. The molecule has 1 atom stereocenters. The third-order valence-electron chi connectivity index (χ3n) is 2.67. The summed E-state index contributed by atoms with van der Waals surface area (Å²) < 4.78 is 1.16. The maximum absolute atomic E-state index is 11.7. The number of nitrogens with zero attached hydrogens (tertiary/aromatic N) is 2. The first-order valence-corrected chi connectivity index (χ1v) is 6.67. The van der Waals surface area contributed by atoms with Gasteiger partial charge in [0.05, 0.1) is 11.9 Å². The number of hydrogen-bond acceptors (Lipinski definition) is 4. The van der Waals surface area contributed by atoms with Gasteiger partial charge in [-0.2, -0.15) is 5.10 Å². The fourth-order valence-electron chi connectivity index (χ4n) is 1.81. The van der Waals surface area contributed by atoms with Crippen LogP contribution in [0.15, 0.2) is 17.1 Å². The molecule has 0 saturated heterocycles. The summed E-state index contributed by atoms with van der Waals surface area (Å²) in [7, 11) is 0. The van der Waals surface area contributed by atoms with Crippen LogP contribution in [0.4, 0.5) is 5.69 Å². The van der Waals surface area contributed by atoms with Gasteiger partial charge in [-0.1, -0.05) is 13.3 Å². The molecule has 1 amide bonds. The first-order valence-electron chi connectivity index (χ1n) is 6.67. The van der Waals surface area contributed by atoms with Crippen LogP contribution in [0.25, 0.3) is 0 Å². The zero-order valence-electron chi connectivity index (χ0n) is 11.8. The third kappa shape index (κ3) is 5.11. The van der Waals surface area contributed by atoms with Gasteiger partial charge in [-0.15, -0.1) is 0 Å². The SMILES string of the molecule is CCCC(C)NC(=O)Cn1ncc(NCC)cc1=O. The molecule has 1 aromatic rings. The summed E-state index contributed by atoms with van der Waals surface area (Å²) in [6.07, 6.45) is 3.48. The molecule has 0 aliphatic rings. The van der Waals surface area contributed by atoms with Crippen molar-refractivity contribution in [1.29, 1.82) is 0 Å². The Morgan fingerprint density at radius 1 is 1.47 bits per heavy atom. The van der Waals surface area contributed by atoms with Gasteiger partial charge in [0.1, 0.15) is 6.54 Å². The third-order valence-corrected chi connectivity index (χ3v) is 2.67. The highest BCUT2D eigenvalue weighted by Gasteiger charge is 2.09. The number of nitrogens with one attached hydrogen (secondary N) is 2. The second kappa shape index (κ2) is 7.56. The largest absolute Gasteiger partial charge is 0.384 e. The van der Waals surface area contributed by atoms with Crippen molar-refractivity contribution in [1.82, 2.24) is 15.1 Å². The standard InChI is InChI=1S/C13H22N4O2/c1-4-6-10(3)16-12(18)9-17-13(19)7-11(8-15-17)14-5-2/h7-8,10,14H,4-6,9H2,1-3H3,(H,16,18). The average molecular weight is 266 g/mol. The molecule has 0 aromatic carbocycles. The Balaban J connectivity index is 2.62. The van der Waals surface area contributed by atoms with Crippen LogP contribution in [-0.4, -0.2) is 28.3 Å². The van der Waals surface area contributed by atoms with Gasteiger partial charge in [0.2, 0.25) is 5.91 Å². The lowest BCUT2D eigenvalue weighted by atomic mass is 10.2. The topological polar surface area (TPSA) is 76.0 Å². The highest BCUT2D eigenvalue weighted by molar-refractivity contribution is 5.75. The van der Waals surface area contributed by atoms with Crippen molar-refractivity contribution in [2.75, 3.05) is 11.9 Å². The monoisotopic (exact) mass is 266 g/mol. The van der Waals surface area contributed by atoms with Gasteiger partial charge in [-0.3, -0.25) is 9.59 Å². The van der Waals surface area contributed by atoms with E-state index in [4.69, 9.17) is 0 Å². The van der Waals surface area contributed by atoms with Crippen LogP contribution in [0.2, 0.25) is 0 Å². The predicted molar refractivity (Wildman–Crippen MR) is 75.2 cm³/mol. The van der Waals surface area contributed by atoms with E-state index in [9.17, 15) is 9.59 Å². The number of amides is 1. The van der Waals surface area contributed by atoms with Crippen molar-refractivity contribution in [3.8, 4) is 0 Å². The normalized spacial score (nSPS) is 11.9. The van der Waals surface area contributed by atoms with Crippen LogP contribution in [0.3, 0.4) is 0 Å². The van der Waals surface area contributed by atoms with Gasteiger partial charge >= 0.3 is 0 Å². The quantitative estimate of drug-likeness (QED) is 0.771. The van der Waals surface area contributed by atoms with E-state index < -0.39 is 0 Å². The number of aromatic nitrogens is 2. The Hall–Kier alpha value is -1.85. The van der Waals surface area contributed by atoms with Crippen molar-refractivity contribution in [3.63, 3.8) is 0 Å². The summed E-state index contributed by atoms with van der Waals surface area (Å²) in [6.45, 7) is 6.63. The summed E-state index contributed by atoms with van der Waals surface area (Å²) >= 11 is 0. The Labute approximate surface area is 113 Å². The minimum atomic E-state index is -0.281. The molecule has 6 nitrogen and oxygen atoms in total. The van der Waals surface area contributed by atoms with E-state index in [1.165, 1.54) is 6.07 Å². The van der Waals surface area contributed by atoms with Crippen molar-refractivity contribution < 1.29 is 4.79 Å². The van der Waals surface area contributed by atoms with Crippen LogP contribution in [0.1, 0.15) is 33.6 Å². The van der Waals surface area contributed by atoms with Gasteiger partial charge in [-0.05, 0) is 20.3 Å². The molecule has 0 aliphatic heterocycles. The average Bonchev–Trinajstić information content (AvgIpc) is 2.33. The summed E-state index contributed by atoms with van der Waals surface area (Å²) in [4.78, 5) is 23.5. The van der Waals surface area contributed by atoms with Crippen LogP contribution in [0, 0.1) is 0 Å². The molecule has 0 radical (unpaired) electrons. The molecule has 19 heavy (non-hydrogen) atoms. The molecule has 6 heteroatoms. The number of rotatable bonds is 7. The number of hydrogen-bond donors (Lipinski definition) is 2. The molecule has 0 fully saturated rings. The lowest BCUT2D eigenvalue weighted by Crippen LogP contribution is -2.38. The van der Waals surface area contributed by atoms with Crippen molar-refractivity contribution in [2.45, 2.75) is 46.2 Å². The van der Waals surface area contributed by atoms with Crippen LogP contribution >= 0.6 is 0 Å². The van der Waals surface area contributed by atoms with Gasteiger partial charge in [0.15, 0.2) is 0 Å². The molecular formula is C13H22N4O2. The summed E-state index contributed by atoms with van der Waals surface area (Å²) in [5.41, 5.74) is 0.389. The lowest BCUT2D eigenvalue weighted by molar-refractivity contribution is -0.122. The second-order valence-electron chi connectivity index (χ2n) is 4.53. The highest BCUT2D eigenvalue weighted by atomic mass is 16.2. The summed E-state index contributed by atoms with van der Waals surface area (Å²) in [5.74, 6) is -0.188. The molecule has 2 N–H and O–H groups in total. The maximum atomic E-state index is 11.7. The van der Waals surface area contributed by atoms with E-state index in [-0.39, 0.29) is 24.1 Å². The van der Waals surface area contributed by atoms with Gasteiger partial charge < -0.3 is 10.6 Å². The van der Waals surface area contributed by atoms with Crippen molar-refractivity contribution in [3.05, 3.63) is 22.6 Å². The molecule has 0 aliphatic carbocycles. The molecule has 1 unspecified atom stereocenters. The second-order valence-corrected chi connectivity index (χ2v) is 4.53. The molecule has 0 bridgehead atoms. The molecule has 0 spiro atoms. The number of carbonyl (C=O) groups excluding carboxylic acids is 1. The van der Waals surface area contributed by atoms with Crippen molar-refractivity contribution >= 4 is 11.6 Å². The fourth-order valence-corrected chi connectivity index (χ4v) is 1.81. The Morgan fingerprint density at radius 2 is 2.21 bits per heavy atom. The van der Waals surface area contributed by atoms with Crippen LogP contribution in [-0.2, 0) is 11.3 Å². The van der Waals surface area contributed by atoms with Gasteiger partial charge in [0.25, 0.3) is 5.56 Å². The van der Waals surface area contributed by atoms with E-state index in [2.05, 4.69) is 22.7 Å². The predicted octanol–water partition coefficient (Wildman–Crippen LogP) is 0.980. The van der Waals surface area contributed by atoms with E-state index in [1.807, 2.05) is 13.8 Å². The maximum Gasteiger partial charge on any atom is 0.269 e. The Kier molecular flexibility index (Phi) is 6.05. The summed E-state index contributed by atoms with van der Waals surface area (Å²) in [6, 6.07) is 1.56.